The molecular weight excluding hydrogens is 252 g/mol. The fourth-order valence-corrected chi connectivity index (χ4v) is 2.66. The first-order valence-corrected chi connectivity index (χ1v) is 7.35. The Bertz CT molecular complexity index is 462. The molecule has 1 aromatic rings. The van der Waals surface area contributed by atoms with Crippen LogP contribution < -0.4 is 0 Å². The van der Waals surface area contributed by atoms with Gasteiger partial charge in [0.1, 0.15) is 0 Å². The summed E-state index contributed by atoms with van der Waals surface area (Å²) >= 11 is 0. The first-order chi connectivity index (χ1) is 8.36. The average molecular weight is 272 g/mol. The number of rotatable bonds is 6. The van der Waals surface area contributed by atoms with E-state index in [1.165, 1.54) is 0 Å². The first-order valence-electron chi connectivity index (χ1n) is 5.94. The van der Waals surface area contributed by atoms with Crippen LogP contribution in [0.1, 0.15) is 38.7 Å². The third kappa shape index (κ3) is 4.08. The Balaban J connectivity index is 2.86. The molecule has 1 aromatic carbocycles. The predicted molar refractivity (Wildman–Crippen MR) is 69.6 cm³/mol. The number of hydrogen-bond acceptors (Lipinski definition) is 4. The largest absolute Gasteiger partial charge is 0.323 e. The van der Waals surface area contributed by atoms with Crippen LogP contribution in [-0.2, 0) is 19.3 Å². The minimum absolute atomic E-state index is 0.102. The Kier molecular flexibility index (Phi) is 5.31. The van der Waals surface area contributed by atoms with Crippen molar-refractivity contribution in [3.8, 4) is 0 Å². The summed E-state index contributed by atoms with van der Waals surface area (Å²) < 4.78 is 27.3. The van der Waals surface area contributed by atoms with Gasteiger partial charge >= 0.3 is 10.1 Å². The molecule has 5 heteroatoms. The summed E-state index contributed by atoms with van der Waals surface area (Å²) in [5, 5.41) is 0. The van der Waals surface area contributed by atoms with Crippen molar-refractivity contribution in [2.75, 3.05) is 7.11 Å². The van der Waals surface area contributed by atoms with E-state index in [1.54, 1.807) is 12.1 Å². The van der Waals surface area contributed by atoms with Crippen LogP contribution in [-0.4, -0.2) is 15.5 Å². The second kappa shape index (κ2) is 6.31. The van der Waals surface area contributed by atoms with Crippen LogP contribution in [0.25, 0.3) is 0 Å². The highest BCUT2D eigenvalue weighted by molar-refractivity contribution is 7.86. The van der Waals surface area contributed by atoms with Crippen molar-refractivity contribution in [2.45, 2.75) is 38.0 Å². The topological polar surface area (TPSA) is 52.6 Å². The lowest BCUT2D eigenvalue weighted by Crippen LogP contribution is -2.06. The molecule has 1 unspecified atom stereocenters. The van der Waals surface area contributed by atoms with Crippen LogP contribution in [0, 0.1) is 5.92 Å². The van der Waals surface area contributed by atoms with Gasteiger partial charge in [-0.3, -0.25) is 0 Å². The minimum Gasteiger partial charge on any atom is -0.223 e. The monoisotopic (exact) mass is 272 g/mol. The van der Waals surface area contributed by atoms with E-state index < -0.39 is 10.1 Å². The van der Waals surface area contributed by atoms with Crippen molar-refractivity contribution >= 4 is 10.1 Å². The van der Waals surface area contributed by atoms with Gasteiger partial charge < -0.3 is 0 Å². The fraction of sp³-hybridized carbons (Fsp3) is 0.538. The van der Waals surface area contributed by atoms with Gasteiger partial charge in [0, 0.05) is 0 Å². The minimum atomic E-state index is -3.80. The SMILES string of the molecule is COOS(=O)(=O)c1ccc(C(C)CC(C)C)cc1. The van der Waals surface area contributed by atoms with Crippen LogP contribution in [0.5, 0.6) is 0 Å². The van der Waals surface area contributed by atoms with Crippen LogP contribution in [0.15, 0.2) is 29.2 Å². The molecule has 0 aromatic heterocycles. The summed E-state index contributed by atoms with van der Waals surface area (Å²) in [4.78, 5) is 4.31. The van der Waals surface area contributed by atoms with E-state index in [9.17, 15) is 8.42 Å². The molecule has 0 fully saturated rings. The van der Waals surface area contributed by atoms with Gasteiger partial charge in [-0.25, -0.2) is 4.89 Å². The van der Waals surface area contributed by atoms with Gasteiger partial charge in [0.25, 0.3) is 0 Å². The van der Waals surface area contributed by atoms with Crippen molar-refractivity contribution in [3.05, 3.63) is 29.8 Å². The van der Waals surface area contributed by atoms with Crippen molar-refractivity contribution in [1.29, 1.82) is 0 Å². The van der Waals surface area contributed by atoms with E-state index in [-0.39, 0.29) is 4.90 Å². The molecular formula is C13H20O4S. The van der Waals surface area contributed by atoms with Crippen molar-refractivity contribution < 1.29 is 17.6 Å². The van der Waals surface area contributed by atoms with Gasteiger partial charge in [-0.15, -0.1) is 4.33 Å². The molecule has 0 amide bonds. The maximum Gasteiger partial charge on any atom is 0.323 e. The Morgan fingerprint density at radius 2 is 1.67 bits per heavy atom. The summed E-state index contributed by atoms with van der Waals surface area (Å²) in [6.45, 7) is 6.47. The predicted octanol–water partition coefficient (Wildman–Crippen LogP) is 3.10. The van der Waals surface area contributed by atoms with Gasteiger partial charge in [0.05, 0.1) is 12.0 Å². The Labute approximate surface area is 109 Å². The lowest BCUT2D eigenvalue weighted by molar-refractivity contribution is -0.172. The molecule has 0 saturated heterocycles. The molecule has 0 saturated carbocycles. The molecule has 0 aliphatic carbocycles. The van der Waals surface area contributed by atoms with Gasteiger partial charge in [-0.1, -0.05) is 32.9 Å². The van der Waals surface area contributed by atoms with E-state index in [2.05, 4.69) is 30.0 Å². The quantitative estimate of drug-likeness (QED) is 0.590. The van der Waals surface area contributed by atoms with Crippen molar-refractivity contribution in [3.63, 3.8) is 0 Å². The smallest absolute Gasteiger partial charge is 0.223 e. The van der Waals surface area contributed by atoms with E-state index >= 15 is 0 Å². The molecule has 0 aliphatic heterocycles. The van der Waals surface area contributed by atoms with Crippen molar-refractivity contribution in [1.82, 2.24) is 0 Å². The second-order valence-corrected chi connectivity index (χ2v) is 6.30. The van der Waals surface area contributed by atoms with E-state index in [0.29, 0.717) is 11.8 Å². The summed E-state index contributed by atoms with van der Waals surface area (Å²) in [6.07, 6.45) is 1.07. The summed E-state index contributed by atoms with van der Waals surface area (Å²) in [7, 11) is -2.63. The van der Waals surface area contributed by atoms with Crippen LogP contribution >= 0.6 is 0 Å². The fourth-order valence-electron chi connectivity index (χ4n) is 1.94. The summed E-state index contributed by atoms with van der Waals surface area (Å²) in [6, 6.07) is 6.72. The van der Waals surface area contributed by atoms with Crippen LogP contribution in [0.2, 0.25) is 0 Å². The number of benzene rings is 1. The molecule has 0 spiro atoms. The zero-order valence-electron chi connectivity index (χ0n) is 11.2. The van der Waals surface area contributed by atoms with Gasteiger partial charge in [0.15, 0.2) is 0 Å². The molecule has 0 radical (unpaired) electrons. The number of hydrogen-bond donors (Lipinski definition) is 0. The normalized spacial score (nSPS) is 13.8. The first kappa shape index (κ1) is 15.1. The molecule has 0 heterocycles. The van der Waals surface area contributed by atoms with Gasteiger partial charge in [0.2, 0.25) is 0 Å². The lowest BCUT2D eigenvalue weighted by Gasteiger charge is -2.14. The molecule has 0 aliphatic rings. The Morgan fingerprint density at radius 1 is 1.11 bits per heavy atom. The molecule has 0 N–H and O–H groups in total. The summed E-state index contributed by atoms with van der Waals surface area (Å²) in [5.74, 6) is 1.02. The van der Waals surface area contributed by atoms with Gasteiger partial charge in [-0.05, 0) is 36.0 Å². The third-order valence-electron chi connectivity index (χ3n) is 2.72. The van der Waals surface area contributed by atoms with E-state index in [4.69, 9.17) is 0 Å². The van der Waals surface area contributed by atoms with Crippen LogP contribution in [0.3, 0.4) is 0 Å². The second-order valence-electron chi connectivity index (χ2n) is 4.79. The lowest BCUT2D eigenvalue weighted by atomic mass is 9.92. The highest BCUT2D eigenvalue weighted by Gasteiger charge is 2.16. The third-order valence-corrected chi connectivity index (χ3v) is 3.89. The maximum atomic E-state index is 11.5. The van der Waals surface area contributed by atoms with E-state index in [0.717, 1.165) is 19.1 Å². The molecule has 0 bridgehead atoms. The Hall–Kier alpha value is -0.910. The van der Waals surface area contributed by atoms with Gasteiger partial charge in [-0.2, -0.15) is 8.42 Å². The zero-order valence-corrected chi connectivity index (χ0v) is 12.0. The van der Waals surface area contributed by atoms with Crippen LogP contribution in [0.4, 0.5) is 0 Å². The molecule has 1 atom stereocenters. The van der Waals surface area contributed by atoms with Crippen molar-refractivity contribution in [2.24, 2.45) is 5.92 Å². The highest BCUT2D eigenvalue weighted by atomic mass is 32.2. The average Bonchev–Trinajstić information content (AvgIpc) is 2.28. The van der Waals surface area contributed by atoms with E-state index in [1.807, 2.05) is 12.1 Å². The molecule has 102 valence electrons. The summed E-state index contributed by atoms with van der Waals surface area (Å²) in [5.41, 5.74) is 1.13. The maximum absolute atomic E-state index is 11.5. The molecule has 18 heavy (non-hydrogen) atoms. The molecule has 4 nitrogen and oxygen atoms in total. The molecule has 1 rings (SSSR count). The highest BCUT2D eigenvalue weighted by Crippen LogP contribution is 2.24. The zero-order chi connectivity index (χ0) is 13.8. The standard InChI is InChI=1S/C13H20O4S/c1-10(2)9-11(3)12-5-7-13(8-6-12)18(14,15)17-16-4/h5-8,10-11H,9H2,1-4H3. The Morgan fingerprint density at radius 3 is 2.11 bits per heavy atom.